The SMILES string of the molecule is Cc1ccc(C(C)C)c(N2C(=O)CSC2=NC(=S)NCC#Cc2cccc(-c3ncn(-c4ccc(OC(C)(C)F)cc4)n3)c2)c1. The highest BCUT2D eigenvalue weighted by molar-refractivity contribution is 8.15. The number of alkyl halides is 1. The minimum atomic E-state index is -1.76. The van der Waals surface area contributed by atoms with Crippen molar-refractivity contribution in [3.05, 3.63) is 89.7 Å². The molecule has 1 amide bonds. The molecular weight excluding hydrogens is 608 g/mol. The van der Waals surface area contributed by atoms with Gasteiger partial charge in [0.1, 0.15) is 12.1 Å². The number of aliphatic imine (C=N–C) groups is 1. The number of amidine groups is 1. The van der Waals surface area contributed by atoms with Crippen LogP contribution in [-0.4, -0.2) is 49.1 Å². The molecule has 1 aromatic heterocycles. The number of ether oxygens (including phenoxy) is 1. The predicted octanol–water partition coefficient (Wildman–Crippen LogP) is 6.81. The van der Waals surface area contributed by atoms with Crippen molar-refractivity contribution in [2.45, 2.75) is 46.4 Å². The van der Waals surface area contributed by atoms with Crippen LogP contribution < -0.4 is 15.0 Å². The molecule has 8 nitrogen and oxygen atoms in total. The highest BCUT2D eigenvalue weighted by atomic mass is 32.2. The molecule has 45 heavy (non-hydrogen) atoms. The van der Waals surface area contributed by atoms with Crippen molar-refractivity contribution < 1.29 is 13.9 Å². The van der Waals surface area contributed by atoms with E-state index in [2.05, 4.69) is 58.2 Å². The summed E-state index contributed by atoms with van der Waals surface area (Å²) in [5.41, 5.74) is 5.38. The van der Waals surface area contributed by atoms with Crippen molar-refractivity contribution in [3.63, 3.8) is 0 Å². The Labute approximate surface area is 272 Å². The third-order valence-electron chi connectivity index (χ3n) is 6.65. The van der Waals surface area contributed by atoms with Gasteiger partial charge in [-0.15, -0.1) is 5.10 Å². The Morgan fingerprint density at radius 3 is 2.69 bits per heavy atom. The normalized spacial score (nSPS) is 14.1. The standard InChI is InChI=1S/C34H33FN6O2S2/c1-22(2)28-16-11-23(3)18-29(28)41-30(42)20-45-33(41)38-32(44)36-17-7-9-24-8-6-10-25(19-24)31-37-21-40(39-31)26-12-14-27(15-13-26)43-34(4,5)35/h6,8,10-16,18-19,21-22H,17,20H2,1-5H3,(H,36,44). The van der Waals surface area contributed by atoms with Crippen LogP contribution in [0.1, 0.15) is 50.3 Å². The van der Waals surface area contributed by atoms with E-state index in [1.165, 1.54) is 25.6 Å². The first-order valence-corrected chi connectivity index (χ1v) is 15.8. The molecular formula is C34H33FN6O2S2. The van der Waals surface area contributed by atoms with Gasteiger partial charge in [-0.05, 0) is 78.7 Å². The zero-order valence-electron chi connectivity index (χ0n) is 25.7. The number of hydrogen-bond donors (Lipinski definition) is 1. The third-order valence-corrected chi connectivity index (χ3v) is 7.81. The smallest absolute Gasteiger partial charge is 0.243 e. The van der Waals surface area contributed by atoms with Crippen molar-refractivity contribution in [2.75, 3.05) is 17.2 Å². The van der Waals surface area contributed by atoms with Crippen LogP contribution in [0.2, 0.25) is 0 Å². The lowest BCUT2D eigenvalue weighted by Crippen LogP contribution is -2.32. The maximum absolute atomic E-state index is 13.8. The van der Waals surface area contributed by atoms with Gasteiger partial charge in [0.25, 0.3) is 0 Å². The summed E-state index contributed by atoms with van der Waals surface area (Å²) in [7, 11) is 0. The zero-order valence-corrected chi connectivity index (χ0v) is 27.3. The molecule has 3 aromatic carbocycles. The lowest BCUT2D eigenvalue weighted by atomic mass is 9.99. The molecule has 4 aromatic rings. The number of rotatable bonds is 7. The zero-order chi connectivity index (χ0) is 32.1. The molecule has 0 bridgehead atoms. The Kier molecular flexibility index (Phi) is 9.65. The van der Waals surface area contributed by atoms with E-state index < -0.39 is 5.85 Å². The summed E-state index contributed by atoms with van der Waals surface area (Å²) in [5, 5.41) is 8.47. The molecule has 11 heteroatoms. The van der Waals surface area contributed by atoms with Crippen molar-refractivity contribution in [1.29, 1.82) is 0 Å². The van der Waals surface area contributed by atoms with E-state index in [1.54, 1.807) is 40.2 Å². The number of benzene rings is 3. The van der Waals surface area contributed by atoms with Crippen LogP contribution in [0.3, 0.4) is 0 Å². The Morgan fingerprint density at radius 1 is 1.18 bits per heavy atom. The molecule has 0 atom stereocenters. The number of amides is 1. The molecule has 1 saturated heterocycles. The lowest BCUT2D eigenvalue weighted by molar-refractivity contribution is -0.115. The summed E-state index contributed by atoms with van der Waals surface area (Å²) in [5.74, 6) is 5.98. The van der Waals surface area contributed by atoms with Gasteiger partial charge < -0.3 is 10.1 Å². The molecule has 0 radical (unpaired) electrons. The van der Waals surface area contributed by atoms with Crippen LogP contribution in [0.4, 0.5) is 10.1 Å². The number of thiocarbonyl (C=S) groups is 1. The second kappa shape index (κ2) is 13.6. The maximum atomic E-state index is 13.8. The van der Waals surface area contributed by atoms with Crippen LogP contribution in [0, 0.1) is 18.8 Å². The monoisotopic (exact) mass is 640 g/mol. The third kappa shape index (κ3) is 8.15. The first-order chi connectivity index (χ1) is 21.5. The number of nitrogens with one attached hydrogen (secondary N) is 1. The number of hydrogen-bond acceptors (Lipinski definition) is 6. The first kappa shape index (κ1) is 31.9. The minimum Gasteiger partial charge on any atom is -0.459 e. The Bertz CT molecular complexity index is 1820. The molecule has 0 aliphatic carbocycles. The van der Waals surface area contributed by atoms with Crippen LogP contribution in [0.5, 0.6) is 5.75 Å². The summed E-state index contributed by atoms with van der Waals surface area (Å²) in [4.78, 5) is 23.5. The fourth-order valence-electron chi connectivity index (χ4n) is 4.61. The second-order valence-corrected chi connectivity index (χ2v) is 12.5. The summed E-state index contributed by atoms with van der Waals surface area (Å²) >= 11 is 6.85. The number of anilines is 1. The van der Waals surface area contributed by atoms with Crippen LogP contribution in [0.15, 0.2) is 78.0 Å². The van der Waals surface area contributed by atoms with Crippen LogP contribution in [0.25, 0.3) is 17.1 Å². The van der Waals surface area contributed by atoms with Gasteiger partial charge in [0.05, 0.1) is 23.7 Å². The molecule has 0 saturated carbocycles. The van der Waals surface area contributed by atoms with Crippen molar-refractivity contribution in [1.82, 2.24) is 20.1 Å². The average molecular weight is 641 g/mol. The van der Waals surface area contributed by atoms with E-state index in [9.17, 15) is 9.18 Å². The molecule has 1 fully saturated rings. The molecule has 1 aliphatic heterocycles. The second-order valence-electron chi connectivity index (χ2n) is 11.1. The molecule has 2 heterocycles. The molecule has 1 N–H and O–H groups in total. The molecule has 0 spiro atoms. The first-order valence-electron chi connectivity index (χ1n) is 14.4. The minimum absolute atomic E-state index is 0.0155. The number of nitrogens with zero attached hydrogens (tertiary/aromatic N) is 5. The number of aromatic nitrogens is 3. The van der Waals surface area contributed by atoms with Crippen molar-refractivity contribution >= 4 is 45.9 Å². The van der Waals surface area contributed by atoms with Crippen molar-refractivity contribution in [2.24, 2.45) is 4.99 Å². The molecule has 0 unspecified atom stereocenters. The van der Waals surface area contributed by atoms with Crippen LogP contribution >= 0.6 is 24.0 Å². The quantitative estimate of drug-likeness (QED) is 0.176. The fraction of sp³-hybridized carbons (Fsp3) is 0.265. The van der Waals surface area contributed by atoms with Gasteiger partial charge in [-0.25, -0.2) is 9.67 Å². The number of carbonyl (C=O) groups excluding carboxylic acids is 1. The topological polar surface area (TPSA) is 84.6 Å². The fourth-order valence-corrected chi connectivity index (χ4v) is 5.70. The number of thioether (sulfide) groups is 1. The molecule has 5 rings (SSSR count). The van der Waals surface area contributed by atoms with E-state index >= 15 is 0 Å². The van der Waals surface area contributed by atoms with Gasteiger partial charge in [-0.2, -0.15) is 9.38 Å². The Morgan fingerprint density at radius 2 is 1.96 bits per heavy atom. The van der Waals surface area contributed by atoms with Crippen LogP contribution in [-0.2, 0) is 4.79 Å². The highest BCUT2D eigenvalue weighted by Gasteiger charge is 2.32. The van der Waals surface area contributed by atoms with E-state index in [-0.39, 0.29) is 23.5 Å². The number of carbonyl (C=O) groups is 1. The maximum Gasteiger partial charge on any atom is 0.243 e. The van der Waals surface area contributed by atoms with Gasteiger partial charge in [-0.3, -0.25) is 9.69 Å². The largest absolute Gasteiger partial charge is 0.459 e. The number of halogens is 1. The summed E-state index contributed by atoms with van der Waals surface area (Å²) in [6.07, 6.45) is 1.62. The molecule has 230 valence electrons. The van der Waals surface area contributed by atoms with E-state index in [0.29, 0.717) is 22.5 Å². The van der Waals surface area contributed by atoms with Crippen molar-refractivity contribution in [3.8, 4) is 34.7 Å². The summed E-state index contributed by atoms with van der Waals surface area (Å²) < 4.78 is 20.7. The highest BCUT2D eigenvalue weighted by Crippen LogP contribution is 2.34. The summed E-state index contributed by atoms with van der Waals surface area (Å²) in [6, 6.07) is 20.7. The average Bonchev–Trinajstić information content (AvgIpc) is 3.62. The van der Waals surface area contributed by atoms with Gasteiger partial charge in [0.15, 0.2) is 16.1 Å². The van der Waals surface area contributed by atoms with Gasteiger partial charge >= 0.3 is 0 Å². The van der Waals surface area contributed by atoms with E-state index in [4.69, 9.17) is 17.0 Å². The Balaban J connectivity index is 1.22. The van der Waals surface area contributed by atoms with Gasteiger partial charge in [0, 0.05) is 25.0 Å². The van der Waals surface area contributed by atoms with E-state index in [1.807, 2.05) is 37.3 Å². The van der Waals surface area contributed by atoms with E-state index in [0.717, 1.165) is 33.6 Å². The lowest BCUT2D eigenvalue weighted by Gasteiger charge is -2.22. The Hall–Kier alpha value is -4.53. The predicted molar refractivity (Wildman–Crippen MR) is 183 cm³/mol. The molecule has 1 aliphatic rings. The summed E-state index contributed by atoms with van der Waals surface area (Å²) in [6.45, 7) is 9.22. The van der Waals surface area contributed by atoms with Gasteiger partial charge in [0.2, 0.25) is 11.8 Å². The van der Waals surface area contributed by atoms with Gasteiger partial charge in [-0.1, -0.05) is 61.7 Å². The number of aryl methyl sites for hydroxylation is 1.